The highest BCUT2D eigenvalue weighted by Crippen LogP contribution is 2.20. The number of anilines is 1. The normalized spacial score (nSPS) is 11.0. The summed E-state index contributed by atoms with van der Waals surface area (Å²) in [4.78, 5) is 23.5. The molecule has 2 N–H and O–H groups in total. The molecule has 0 atom stereocenters. The monoisotopic (exact) mass is 371 g/mol. The summed E-state index contributed by atoms with van der Waals surface area (Å²) in [5, 5.41) is 24.5. The van der Waals surface area contributed by atoms with Gasteiger partial charge >= 0.3 is 5.97 Å². The maximum atomic E-state index is 12.6. The number of carbonyl (C=O) groups excluding carboxylic acids is 1. The van der Waals surface area contributed by atoms with Crippen molar-refractivity contribution in [2.75, 3.05) is 5.32 Å². The number of carbonyl (C=O) groups is 2. The fraction of sp³-hybridized carbons (Fsp3) is 0.353. The molecule has 3 aromatic heterocycles. The number of carboxylic acid groups (broad SMARTS) is 1. The maximum absolute atomic E-state index is 12.6. The molecule has 142 valence electrons. The SMILES string of the molecule is Cc1cc(C)n(Cn2nc(C)c(NC(=O)c3ccnn3CC(=O)O)c2C)n1. The fourth-order valence-electron chi connectivity index (χ4n) is 2.92. The molecule has 0 radical (unpaired) electrons. The van der Waals surface area contributed by atoms with Crippen LogP contribution in [0.25, 0.3) is 0 Å². The van der Waals surface area contributed by atoms with Crippen LogP contribution in [-0.4, -0.2) is 46.3 Å². The second kappa shape index (κ2) is 7.06. The fourth-order valence-corrected chi connectivity index (χ4v) is 2.92. The molecule has 0 aliphatic rings. The first kappa shape index (κ1) is 18.4. The molecular formula is C17H21N7O3. The summed E-state index contributed by atoms with van der Waals surface area (Å²) >= 11 is 0. The van der Waals surface area contributed by atoms with E-state index in [0.29, 0.717) is 18.1 Å². The van der Waals surface area contributed by atoms with E-state index >= 15 is 0 Å². The Bertz CT molecular complexity index is 1010. The van der Waals surface area contributed by atoms with Gasteiger partial charge in [-0.2, -0.15) is 15.3 Å². The molecule has 0 aliphatic carbocycles. The van der Waals surface area contributed by atoms with Gasteiger partial charge in [0.25, 0.3) is 5.91 Å². The van der Waals surface area contributed by atoms with Crippen molar-refractivity contribution in [2.45, 2.75) is 40.9 Å². The van der Waals surface area contributed by atoms with Gasteiger partial charge in [0.15, 0.2) is 0 Å². The predicted molar refractivity (Wildman–Crippen MR) is 96.6 cm³/mol. The molecule has 0 saturated carbocycles. The Morgan fingerprint density at radius 3 is 2.48 bits per heavy atom. The molecule has 0 fully saturated rings. The summed E-state index contributed by atoms with van der Waals surface area (Å²) in [5.74, 6) is -1.51. The van der Waals surface area contributed by atoms with Crippen LogP contribution in [0.2, 0.25) is 0 Å². The van der Waals surface area contributed by atoms with E-state index in [1.54, 1.807) is 11.6 Å². The molecule has 3 aromatic rings. The third kappa shape index (κ3) is 3.73. The zero-order valence-corrected chi connectivity index (χ0v) is 15.6. The number of hydrogen-bond donors (Lipinski definition) is 2. The Morgan fingerprint density at radius 1 is 1.11 bits per heavy atom. The van der Waals surface area contributed by atoms with Gasteiger partial charge in [0.2, 0.25) is 0 Å². The summed E-state index contributed by atoms with van der Waals surface area (Å²) in [6, 6.07) is 3.46. The maximum Gasteiger partial charge on any atom is 0.325 e. The van der Waals surface area contributed by atoms with Gasteiger partial charge in [0, 0.05) is 11.9 Å². The molecule has 3 rings (SSSR count). The van der Waals surface area contributed by atoms with Gasteiger partial charge in [-0.1, -0.05) is 0 Å². The second-order valence-electron chi connectivity index (χ2n) is 6.34. The molecule has 0 spiro atoms. The Balaban J connectivity index is 1.83. The molecule has 27 heavy (non-hydrogen) atoms. The van der Waals surface area contributed by atoms with Crippen molar-refractivity contribution < 1.29 is 14.7 Å². The van der Waals surface area contributed by atoms with Crippen LogP contribution in [0.4, 0.5) is 5.69 Å². The van der Waals surface area contributed by atoms with Gasteiger partial charge in [-0.15, -0.1) is 0 Å². The van der Waals surface area contributed by atoms with Crippen LogP contribution < -0.4 is 5.32 Å². The van der Waals surface area contributed by atoms with Crippen molar-refractivity contribution in [1.82, 2.24) is 29.3 Å². The lowest BCUT2D eigenvalue weighted by Gasteiger charge is -2.09. The van der Waals surface area contributed by atoms with E-state index in [2.05, 4.69) is 20.6 Å². The van der Waals surface area contributed by atoms with Crippen LogP contribution in [0.3, 0.4) is 0 Å². The summed E-state index contributed by atoms with van der Waals surface area (Å²) < 4.78 is 4.74. The van der Waals surface area contributed by atoms with Gasteiger partial charge in [0.05, 0.1) is 22.8 Å². The molecule has 3 heterocycles. The highest BCUT2D eigenvalue weighted by Gasteiger charge is 2.19. The van der Waals surface area contributed by atoms with E-state index in [1.807, 2.05) is 31.5 Å². The quantitative estimate of drug-likeness (QED) is 0.675. The average Bonchev–Trinajstić information content (AvgIpc) is 3.22. The molecular weight excluding hydrogens is 350 g/mol. The first-order valence-corrected chi connectivity index (χ1v) is 8.36. The van der Waals surface area contributed by atoms with Crippen molar-refractivity contribution in [3.05, 3.63) is 46.8 Å². The van der Waals surface area contributed by atoms with Crippen molar-refractivity contribution in [1.29, 1.82) is 0 Å². The summed E-state index contributed by atoms with van der Waals surface area (Å²) in [6.45, 7) is 7.60. The average molecular weight is 371 g/mol. The molecule has 0 aliphatic heterocycles. The number of amides is 1. The van der Waals surface area contributed by atoms with E-state index < -0.39 is 11.9 Å². The van der Waals surface area contributed by atoms with E-state index in [4.69, 9.17) is 5.11 Å². The van der Waals surface area contributed by atoms with Gasteiger partial charge in [-0.25, -0.2) is 14.0 Å². The van der Waals surface area contributed by atoms with E-state index in [1.165, 1.54) is 12.3 Å². The number of aliphatic carboxylic acids is 1. The van der Waals surface area contributed by atoms with Crippen LogP contribution in [-0.2, 0) is 18.0 Å². The summed E-state index contributed by atoms with van der Waals surface area (Å²) in [7, 11) is 0. The highest BCUT2D eigenvalue weighted by atomic mass is 16.4. The lowest BCUT2D eigenvalue weighted by atomic mass is 10.3. The number of carboxylic acids is 1. The number of nitrogens with one attached hydrogen (secondary N) is 1. The van der Waals surface area contributed by atoms with Crippen LogP contribution >= 0.6 is 0 Å². The molecule has 10 nitrogen and oxygen atoms in total. The standard InChI is InChI=1S/C17H21N7O3/c1-10-7-11(2)23(20-10)9-24-13(4)16(12(3)21-24)19-17(27)14-5-6-18-22(14)8-15(25)26/h5-7H,8-9H2,1-4H3,(H,19,27)(H,25,26). The van der Waals surface area contributed by atoms with Crippen LogP contribution in [0.15, 0.2) is 18.3 Å². The van der Waals surface area contributed by atoms with Gasteiger partial charge in [-0.3, -0.25) is 9.59 Å². The van der Waals surface area contributed by atoms with Crippen molar-refractivity contribution in [2.24, 2.45) is 0 Å². The minimum atomic E-state index is -1.07. The van der Waals surface area contributed by atoms with Gasteiger partial charge < -0.3 is 10.4 Å². The van der Waals surface area contributed by atoms with Gasteiger partial charge in [0.1, 0.15) is 18.9 Å². The molecule has 0 saturated heterocycles. The van der Waals surface area contributed by atoms with E-state index in [-0.39, 0.29) is 12.2 Å². The van der Waals surface area contributed by atoms with Crippen molar-refractivity contribution >= 4 is 17.6 Å². The largest absolute Gasteiger partial charge is 0.480 e. The number of hydrogen-bond acceptors (Lipinski definition) is 5. The Labute approximate surface area is 155 Å². The summed E-state index contributed by atoms with van der Waals surface area (Å²) in [5.41, 5.74) is 4.13. The predicted octanol–water partition coefficient (Wildman–Crippen LogP) is 1.35. The molecule has 1 amide bonds. The minimum Gasteiger partial charge on any atom is -0.480 e. The van der Waals surface area contributed by atoms with Gasteiger partial charge in [-0.05, 0) is 39.8 Å². The van der Waals surface area contributed by atoms with Crippen LogP contribution in [0.5, 0.6) is 0 Å². The van der Waals surface area contributed by atoms with E-state index in [0.717, 1.165) is 21.8 Å². The number of nitrogens with zero attached hydrogens (tertiary/aromatic N) is 6. The smallest absolute Gasteiger partial charge is 0.325 e. The lowest BCUT2D eigenvalue weighted by Crippen LogP contribution is -2.21. The van der Waals surface area contributed by atoms with Crippen molar-refractivity contribution in [3.8, 4) is 0 Å². The van der Waals surface area contributed by atoms with Crippen LogP contribution in [0.1, 0.15) is 33.3 Å². The molecule has 10 heteroatoms. The van der Waals surface area contributed by atoms with Crippen molar-refractivity contribution in [3.63, 3.8) is 0 Å². The Morgan fingerprint density at radius 2 is 1.85 bits per heavy atom. The Kier molecular flexibility index (Phi) is 4.80. The Hall–Kier alpha value is -3.43. The zero-order valence-electron chi connectivity index (χ0n) is 15.6. The number of rotatable bonds is 6. The number of aryl methyl sites for hydroxylation is 3. The second-order valence-corrected chi connectivity index (χ2v) is 6.34. The first-order chi connectivity index (χ1) is 12.8. The minimum absolute atomic E-state index is 0.169. The molecule has 0 bridgehead atoms. The summed E-state index contributed by atoms with van der Waals surface area (Å²) in [6.07, 6.45) is 1.39. The topological polar surface area (TPSA) is 120 Å². The zero-order chi connectivity index (χ0) is 19.7. The van der Waals surface area contributed by atoms with Crippen LogP contribution in [0, 0.1) is 27.7 Å². The third-order valence-corrected chi connectivity index (χ3v) is 4.23. The molecule has 0 unspecified atom stereocenters. The first-order valence-electron chi connectivity index (χ1n) is 8.36. The van der Waals surface area contributed by atoms with E-state index in [9.17, 15) is 9.59 Å². The highest BCUT2D eigenvalue weighted by molar-refractivity contribution is 6.03. The molecule has 0 aromatic carbocycles. The lowest BCUT2D eigenvalue weighted by molar-refractivity contribution is -0.137. The third-order valence-electron chi connectivity index (χ3n) is 4.23. The number of aromatic nitrogens is 6.